The van der Waals surface area contributed by atoms with E-state index in [1.165, 1.54) is 6.20 Å². The molecule has 2 aromatic heterocycles. The maximum atomic E-state index is 11.4. The number of halogens is 1. The van der Waals surface area contributed by atoms with Crippen LogP contribution in [0.1, 0.15) is 11.1 Å². The maximum absolute atomic E-state index is 11.4. The molecule has 0 bridgehead atoms. The van der Waals surface area contributed by atoms with Gasteiger partial charge in [0.25, 0.3) is 0 Å². The van der Waals surface area contributed by atoms with Crippen LogP contribution >= 0.6 is 15.9 Å². The van der Waals surface area contributed by atoms with Crippen molar-refractivity contribution >= 4 is 15.9 Å². The van der Waals surface area contributed by atoms with Crippen LogP contribution in [0.4, 0.5) is 0 Å². The van der Waals surface area contributed by atoms with Crippen LogP contribution in [0, 0.1) is 6.92 Å². The quantitative estimate of drug-likeness (QED) is 0.393. The fourth-order valence-corrected chi connectivity index (χ4v) is 4.56. The first-order valence-corrected chi connectivity index (χ1v) is 11.6. The number of aryl methyl sites for hydroxylation is 1. The third kappa shape index (κ3) is 4.82. The number of rotatable bonds is 7. The van der Waals surface area contributed by atoms with Gasteiger partial charge in [-0.3, -0.25) is 0 Å². The van der Waals surface area contributed by atoms with Crippen LogP contribution in [-0.2, 0) is 21.8 Å². The summed E-state index contributed by atoms with van der Waals surface area (Å²) in [6.07, 6.45) is 6.62. The van der Waals surface area contributed by atoms with E-state index < -0.39 is 5.79 Å². The van der Waals surface area contributed by atoms with Gasteiger partial charge in [-0.25, -0.2) is 14.8 Å². The number of nitrogens with one attached hydrogen (secondary N) is 1. The van der Waals surface area contributed by atoms with Crippen molar-refractivity contribution in [3.05, 3.63) is 99.5 Å². The lowest BCUT2D eigenvalue weighted by molar-refractivity contribution is -0.189. The van der Waals surface area contributed by atoms with Crippen molar-refractivity contribution in [2.75, 3.05) is 13.2 Å². The van der Waals surface area contributed by atoms with Gasteiger partial charge in [-0.1, -0.05) is 22.0 Å². The molecule has 4 aromatic rings. The third-order valence-electron chi connectivity index (χ3n) is 5.68. The van der Waals surface area contributed by atoms with Crippen molar-refractivity contribution in [1.82, 2.24) is 19.5 Å². The molecule has 174 valence electrons. The second-order valence-corrected chi connectivity index (χ2v) is 9.04. The van der Waals surface area contributed by atoms with Gasteiger partial charge < -0.3 is 23.8 Å². The van der Waals surface area contributed by atoms with E-state index in [1.807, 2.05) is 54.1 Å². The Hall–Kier alpha value is -3.27. The van der Waals surface area contributed by atoms with Crippen molar-refractivity contribution in [2.24, 2.45) is 0 Å². The van der Waals surface area contributed by atoms with Gasteiger partial charge >= 0.3 is 5.69 Å². The Morgan fingerprint density at radius 1 is 1.21 bits per heavy atom. The molecular formula is C25H23BrN4O4. The zero-order chi connectivity index (χ0) is 23.5. The number of nitrogens with zero attached hydrogens (tertiary/aromatic N) is 3. The Balaban J connectivity index is 1.29. The average molecular weight is 523 g/mol. The average Bonchev–Trinajstić information content (AvgIpc) is 3.49. The first kappa shape index (κ1) is 22.5. The number of aromatic amines is 1. The molecule has 1 N–H and O–H groups in total. The number of hydrogen-bond acceptors (Lipinski definition) is 6. The van der Waals surface area contributed by atoms with Crippen LogP contribution in [0.2, 0.25) is 0 Å². The summed E-state index contributed by atoms with van der Waals surface area (Å²) in [6, 6.07) is 15.3. The number of aromatic nitrogens is 4. The molecule has 0 amide bonds. The highest BCUT2D eigenvalue weighted by Gasteiger charge is 2.44. The molecule has 9 heteroatoms. The maximum Gasteiger partial charge on any atom is 0.345 e. The minimum atomic E-state index is -0.934. The Morgan fingerprint density at radius 2 is 2.06 bits per heavy atom. The van der Waals surface area contributed by atoms with E-state index in [0.717, 1.165) is 21.2 Å². The fraction of sp³-hybridized carbons (Fsp3) is 0.240. The SMILES string of the molecule is Cc1cc(Br)ccc1C1(Cn2ccnc2)OCC(COc2ccc(-c3ccnc(=O)[nH]3)cc2)O1. The Morgan fingerprint density at radius 3 is 2.79 bits per heavy atom. The van der Waals surface area contributed by atoms with Crippen molar-refractivity contribution in [3.63, 3.8) is 0 Å². The molecule has 0 radical (unpaired) electrons. The summed E-state index contributed by atoms with van der Waals surface area (Å²) in [5.74, 6) is -0.230. The minimum Gasteiger partial charge on any atom is -0.491 e. The third-order valence-corrected chi connectivity index (χ3v) is 6.18. The molecule has 0 saturated carbocycles. The van der Waals surface area contributed by atoms with E-state index in [0.29, 0.717) is 31.2 Å². The zero-order valence-electron chi connectivity index (χ0n) is 18.5. The molecule has 1 aliphatic rings. The number of hydrogen-bond donors (Lipinski definition) is 1. The van der Waals surface area contributed by atoms with Gasteiger partial charge in [0.15, 0.2) is 0 Å². The molecule has 2 aromatic carbocycles. The van der Waals surface area contributed by atoms with E-state index in [9.17, 15) is 4.79 Å². The zero-order valence-corrected chi connectivity index (χ0v) is 20.1. The van der Waals surface area contributed by atoms with Crippen LogP contribution in [-0.4, -0.2) is 38.8 Å². The van der Waals surface area contributed by atoms with Gasteiger partial charge in [0.05, 0.1) is 25.2 Å². The second-order valence-electron chi connectivity index (χ2n) is 8.12. The van der Waals surface area contributed by atoms with Gasteiger partial charge in [0, 0.05) is 28.6 Å². The lowest BCUT2D eigenvalue weighted by Crippen LogP contribution is -2.35. The number of ether oxygens (including phenoxy) is 3. The van der Waals surface area contributed by atoms with Gasteiger partial charge in [-0.15, -0.1) is 0 Å². The molecular weight excluding hydrogens is 500 g/mol. The summed E-state index contributed by atoms with van der Waals surface area (Å²) in [4.78, 5) is 22.0. The topological polar surface area (TPSA) is 91.3 Å². The molecule has 34 heavy (non-hydrogen) atoms. The molecule has 5 rings (SSSR count). The Bertz CT molecular complexity index is 1320. The van der Waals surface area contributed by atoms with Crippen molar-refractivity contribution in [2.45, 2.75) is 25.4 Å². The van der Waals surface area contributed by atoms with E-state index in [2.05, 4.69) is 36.9 Å². The van der Waals surface area contributed by atoms with Gasteiger partial charge in [-0.2, -0.15) is 0 Å². The van der Waals surface area contributed by atoms with E-state index in [-0.39, 0.29) is 11.8 Å². The van der Waals surface area contributed by atoms with Crippen molar-refractivity contribution < 1.29 is 14.2 Å². The van der Waals surface area contributed by atoms with Crippen LogP contribution in [0.3, 0.4) is 0 Å². The molecule has 1 fully saturated rings. The number of benzene rings is 2. The fourth-order valence-electron chi connectivity index (χ4n) is 4.09. The minimum absolute atomic E-state index is 0.247. The molecule has 1 aliphatic heterocycles. The second kappa shape index (κ2) is 9.54. The first-order valence-electron chi connectivity index (χ1n) is 10.8. The summed E-state index contributed by atoms with van der Waals surface area (Å²) in [5.41, 5.74) is 3.24. The lowest BCUT2D eigenvalue weighted by Gasteiger charge is -2.30. The predicted octanol–water partition coefficient (Wildman–Crippen LogP) is 4.05. The van der Waals surface area contributed by atoms with Crippen LogP contribution in [0.5, 0.6) is 5.75 Å². The molecule has 2 unspecified atom stereocenters. The standard InChI is InChI=1S/C25H23BrN4O4/c1-17-12-19(26)4-7-22(17)25(15-30-11-10-27-16-30)33-14-21(34-25)13-32-20-5-2-18(3-6-20)23-8-9-28-24(31)29-23/h2-12,16,21H,13-15H2,1H3,(H,28,29,31). The smallest absolute Gasteiger partial charge is 0.345 e. The first-order chi connectivity index (χ1) is 16.5. The van der Waals surface area contributed by atoms with Crippen LogP contribution in [0.25, 0.3) is 11.3 Å². The summed E-state index contributed by atoms with van der Waals surface area (Å²) in [7, 11) is 0. The molecule has 0 aliphatic carbocycles. The van der Waals surface area contributed by atoms with Gasteiger partial charge in [0.2, 0.25) is 5.79 Å². The monoisotopic (exact) mass is 522 g/mol. The molecule has 1 saturated heterocycles. The predicted molar refractivity (Wildman–Crippen MR) is 129 cm³/mol. The highest BCUT2D eigenvalue weighted by atomic mass is 79.9. The molecule has 8 nitrogen and oxygen atoms in total. The number of imidazole rings is 1. The van der Waals surface area contributed by atoms with Gasteiger partial charge in [0.1, 0.15) is 18.5 Å². The Labute approximate surface area is 204 Å². The Kier molecular flexibility index (Phi) is 6.32. The summed E-state index contributed by atoms with van der Waals surface area (Å²) >= 11 is 3.53. The summed E-state index contributed by atoms with van der Waals surface area (Å²) < 4.78 is 21.8. The van der Waals surface area contributed by atoms with E-state index in [1.54, 1.807) is 18.6 Å². The molecule has 3 heterocycles. The molecule has 0 spiro atoms. The van der Waals surface area contributed by atoms with Gasteiger partial charge in [-0.05, 0) is 60.5 Å². The van der Waals surface area contributed by atoms with Crippen LogP contribution < -0.4 is 10.4 Å². The highest BCUT2D eigenvalue weighted by molar-refractivity contribution is 9.10. The lowest BCUT2D eigenvalue weighted by atomic mass is 10.00. The highest BCUT2D eigenvalue weighted by Crippen LogP contribution is 2.38. The van der Waals surface area contributed by atoms with Crippen molar-refractivity contribution in [1.29, 1.82) is 0 Å². The molecule has 2 atom stereocenters. The normalized spacial score (nSPS) is 19.9. The van der Waals surface area contributed by atoms with Crippen molar-refractivity contribution in [3.8, 4) is 17.0 Å². The number of H-pyrrole nitrogens is 1. The summed E-state index contributed by atoms with van der Waals surface area (Å²) in [5, 5.41) is 0. The van der Waals surface area contributed by atoms with E-state index >= 15 is 0 Å². The largest absolute Gasteiger partial charge is 0.491 e. The van der Waals surface area contributed by atoms with Crippen LogP contribution in [0.15, 0.2) is 82.7 Å². The van der Waals surface area contributed by atoms with E-state index in [4.69, 9.17) is 14.2 Å². The summed E-state index contributed by atoms with van der Waals surface area (Å²) in [6.45, 7) is 3.27.